The first-order valence-electron chi connectivity index (χ1n) is 5.13. The molecule has 1 heterocycles. The van der Waals surface area contributed by atoms with Crippen LogP contribution in [0, 0.1) is 6.92 Å². The number of aromatic nitrogens is 1. The van der Waals surface area contributed by atoms with Crippen molar-refractivity contribution < 1.29 is 12.8 Å². The number of hydrogen-bond donors (Lipinski definition) is 0. The van der Waals surface area contributed by atoms with Gasteiger partial charge in [-0.3, -0.25) is 0 Å². The Morgan fingerprint density at radius 1 is 1.35 bits per heavy atom. The first-order valence-corrected chi connectivity index (χ1v) is 7.19. The van der Waals surface area contributed by atoms with Crippen LogP contribution in [0.25, 0.3) is 11.5 Å². The second kappa shape index (κ2) is 4.33. The van der Waals surface area contributed by atoms with Crippen molar-refractivity contribution in [2.45, 2.75) is 12.7 Å². The van der Waals surface area contributed by atoms with Crippen LogP contribution in [0.4, 0.5) is 0 Å². The van der Waals surface area contributed by atoms with Gasteiger partial charge in [0, 0.05) is 11.8 Å². The van der Waals surface area contributed by atoms with Crippen LogP contribution in [0.3, 0.4) is 0 Å². The monoisotopic (exact) mass is 251 g/mol. The SMILES string of the molecule is Cc1cccc(-c2ncc(CS(C)(=O)=O)o2)c1. The Hall–Kier alpha value is -1.62. The van der Waals surface area contributed by atoms with Gasteiger partial charge >= 0.3 is 0 Å². The summed E-state index contributed by atoms with van der Waals surface area (Å²) in [6, 6.07) is 7.70. The average Bonchev–Trinajstić information content (AvgIpc) is 2.63. The minimum atomic E-state index is -3.09. The van der Waals surface area contributed by atoms with E-state index in [-0.39, 0.29) is 5.75 Å². The normalized spacial score (nSPS) is 11.6. The zero-order valence-corrected chi connectivity index (χ0v) is 10.5. The van der Waals surface area contributed by atoms with Crippen LogP contribution < -0.4 is 0 Å². The molecule has 0 aliphatic carbocycles. The standard InChI is InChI=1S/C12H13NO3S/c1-9-4-3-5-10(6-9)12-13-7-11(16-12)8-17(2,14)15/h3-7H,8H2,1-2H3. The molecular formula is C12H13NO3S. The molecule has 0 aliphatic rings. The molecule has 4 nitrogen and oxygen atoms in total. The molecule has 0 atom stereocenters. The van der Waals surface area contributed by atoms with Crippen LogP contribution in [0.5, 0.6) is 0 Å². The van der Waals surface area contributed by atoms with Gasteiger partial charge in [-0.25, -0.2) is 13.4 Å². The van der Waals surface area contributed by atoms with Crippen LogP contribution in [0.2, 0.25) is 0 Å². The van der Waals surface area contributed by atoms with Gasteiger partial charge in [0.05, 0.1) is 6.20 Å². The van der Waals surface area contributed by atoms with Crippen molar-refractivity contribution in [3.8, 4) is 11.5 Å². The Morgan fingerprint density at radius 3 is 2.76 bits per heavy atom. The fraction of sp³-hybridized carbons (Fsp3) is 0.250. The van der Waals surface area contributed by atoms with Gasteiger partial charge in [0.25, 0.3) is 0 Å². The van der Waals surface area contributed by atoms with Crippen LogP contribution in [-0.2, 0) is 15.6 Å². The van der Waals surface area contributed by atoms with E-state index in [1.54, 1.807) is 0 Å². The van der Waals surface area contributed by atoms with E-state index >= 15 is 0 Å². The number of benzene rings is 1. The summed E-state index contributed by atoms with van der Waals surface area (Å²) in [4.78, 5) is 4.08. The van der Waals surface area contributed by atoms with Crippen molar-refractivity contribution in [1.29, 1.82) is 0 Å². The molecule has 0 fully saturated rings. The Kier molecular flexibility index (Phi) is 3.02. The summed E-state index contributed by atoms with van der Waals surface area (Å²) in [6.45, 7) is 1.98. The van der Waals surface area contributed by atoms with E-state index < -0.39 is 9.84 Å². The molecule has 0 aliphatic heterocycles. The third-order valence-corrected chi connectivity index (χ3v) is 3.03. The lowest BCUT2D eigenvalue weighted by Gasteiger charge is -1.97. The molecule has 5 heteroatoms. The van der Waals surface area contributed by atoms with Crippen LogP contribution in [0.15, 0.2) is 34.9 Å². The quantitative estimate of drug-likeness (QED) is 0.839. The molecule has 90 valence electrons. The average molecular weight is 251 g/mol. The molecule has 0 unspecified atom stereocenters. The summed E-state index contributed by atoms with van der Waals surface area (Å²) in [5, 5.41) is 0. The zero-order valence-electron chi connectivity index (χ0n) is 9.67. The number of aryl methyl sites for hydroxylation is 1. The second-order valence-corrected chi connectivity index (χ2v) is 6.21. The molecular weight excluding hydrogens is 238 g/mol. The van der Waals surface area contributed by atoms with Crippen LogP contribution in [-0.4, -0.2) is 19.7 Å². The largest absolute Gasteiger partial charge is 0.440 e. The van der Waals surface area contributed by atoms with E-state index in [1.165, 1.54) is 12.5 Å². The van der Waals surface area contributed by atoms with Gasteiger partial charge in [0.15, 0.2) is 9.84 Å². The van der Waals surface area contributed by atoms with E-state index in [9.17, 15) is 8.42 Å². The third kappa shape index (κ3) is 3.17. The number of rotatable bonds is 3. The van der Waals surface area contributed by atoms with Crippen molar-refractivity contribution in [1.82, 2.24) is 4.98 Å². The van der Waals surface area contributed by atoms with Gasteiger partial charge < -0.3 is 4.42 Å². The molecule has 17 heavy (non-hydrogen) atoms. The minimum absolute atomic E-state index is 0.119. The molecule has 0 radical (unpaired) electrons. The van der Waals surface area contributed by atoms with Crippen LogP contribution >= 0.6 is 0 Å². The number of oxazole rings is 1. The maximum absolute atomic E-state index is 11.1. The highest BCUT2D eigenvalue weighted by atomic mass is 32.2. The van der Waals surface area contributed by atoms with E-state index in [4.69, 9.17) is 4.42 Å². The highest BCUT2D eigenvalue weighted by Crippen LogP contribution is 2.20. The Bertz CT molecular complexity index is 629. The molecule has 0 amide bonds. The van der Waals surface area contributed by atoms with E-state index in [0.29, 0.717) is 11.7 Å². The van der Waals surface area contributed by atoms with Crippen molar-refractivity contribution in [3.05, 3.63) is 41.8 Å². The predicted molar refractivity (Wildman–Crippen MR) is 65.2 cm³/mol. The molecule has 0 N–H and O–H groups in total. The molecule has 2 aromatic rings. The van der Waals surface area contributed by atoms with Crippen molar-refractivity contribution in [3.63, 3.8) is 0 Å². The Balaban J connectivity index is 2.30. The third-order valence-electron chi connectivity index (χ3n) is 2.22. The van der Waals surface area contributed by atoms with E-state index in [0.717, 1.165) is 11.1 Å². The van der Waals surface area contributed by atoms with Gasteiger partial charge in [0.1, 0.15) is 11.5 Å². The van der Waals surface area contributed by atoms with E-state index in [1.807, 2.05) is 31.2 Å². The highest BCUT2D eigenvalue weighted by Gasteiger charge is 2.11. The Morgan fingerprint density at radius 2 is 2.12 bits per heavy atom. The zero-order chi connectivity index (χ0) is 12.5. The molecule has 0 saturated carbocycles. The van der Waals surface area contributed by atoms with Gasteiger partial charge in [0.2, 0.25) is 5.89 Å². The maximum Gasteiger partial charge on any atom is 0.226 e. The number of sulfone groups is 1. The first kappa shape index (κ1) is 11.9. The molecule has 0 spiro atoms. The van der Waals surface area contributed by atoms with Gasteiger partial charge in [-0.2, -0.15) is 0 Å². The lowest BCUT2D eigenvalue weighted by atomic mass is 10.1. The molecule has 0 saturated heterocycles. The molecule has 1 aromatic heterocycles. The fourth-order valence-corrected chi connectivity index (χ4v) is 2.19. The minimum Gasteiger partial charge on any atom is -0.440 e. The maximum atomic E-state index is 11.1. The van der Waals surface area contributed by atoms with Crippen molar-refractivity contribution >= 4 is 9.84 Å². The van der Waals surface area contributed by atoms with Gasteiger partial charge in [-0.05, 0) is 19.1 Å². The van der Waals surface area contributed by atoms with Gasteiger partial charge in [-0.15, -0.1) is 0 Å². The predicted octanol–water partition coefficient (Wildman–Crippen LogP) is 2.19. The van der Waals surface area contributed by atoms with E-state index in [2.05, 4.69) is 4.98 Å². The topological polar surface area (TPSA) is 60.2 Å². The fourth-order valence-electron chi connectivity index (χ4n) is 1.54. The molecule has 1 aromatic carbocycles. The Labute approximate surface area is 100 Å². The second-order valence-electron chi connectivity index (χ2n) is 4.07. The lowest BCUT2D eigenvalue weighted by molar-refractivity contribution is 0.529. The van der Waals surface area contributed by atoms with Crippen molar-refractivity contribution in [2.75, 3.05) is 6.26 Å². The summed E-state index contributed by atoms with van der Waals surface area (Å²) >= 11 is 0. The highest BCUT2D eigenvalue weighted by molar-refractivity contribution is 7.89. The summed E-state index contributed by atoms with van der Waals surface area (Å²) in [5.74, 6) is 0.697. The smallest absolute Gasteiger partial charge is 0.226 e. The summed E-state index contributed by atoms with van der Waals surface area (Å²) in [7, 11) is -3.09. The van der Waals surface area contributed by atoms with Gasteiger partial charge in [-0.1, -0.05) is 17.7 Å². The first-order chi connectivity index (χ1) is 7.94. The summed E-state index contributed by atoms with van der Waals surface area (Å²) in [6.07, 6.45) is 2.63. The molecule has 2 rings (SSSR count). The lowest BCUT2D eigenvalue weighted by Crippen LogP contribution is -1.98. The number of hydrogen-bond acceptors (Lipinski definition) is 4. The summed E-state index contributed by atoms with van der Waals surface area (Å²) in [5.41, 5.74) is 1.95. The van der Waals surface area contributed by atoms with Crippen LogP contribution in [0.1, 0.15) is 11.3 Å². The number of nitrogens with zero attached hydrogens (tertiary/aromatic N) is 1. The van der Waals surface area contributed by atoms with Crippen molar-refractivity contribution in [2.24, 2.45) is 0 Å². The summed E-state index contributed by atoms with van der Waals surface area (Å²) < 4.78 is 27.6. The molecule has 0 bridgehead atoms.